The molecule has 18 heavy (non-hydrogen) atoms. The van der Waals surface area contributed by atoms with Crippen molar-refractivity contribution in [2.45, 2.75) is 27.3 Å². The molecule has 1 unspecified atom stereocenters. The molecule has 0 spiro atoms. The highest BCUT2D eigenvalue weighted by Gasteiger charge is 2.34. The quantitative estimate of drug-likeness (QED) is 0.888. The van der Waals surface area contributed by atoms with Gasteiger partial charge in [0, 0.05) is 19.6 Å². The first-order chi connectivity index (χ1) is 8.49. The molecular formula is C15H21NO2. The molecule has 0 saturated carbocycles. The summed E-state index contributed by atoms with van der Waals surface area (Å²) in [6, 6.07) is 6.36. The lowest BCUT2D eigenvalue weighted by atomic mass is 9.86. The van der Waals surface area contributed by atoms with Gasteiger partial charge in [-0.3, -0.25) is 9.69 Å². The zero-order valence-corrected chi connectivity index (χ0v) is 11.3. The third-order valence-electron chi connectivity index (χ3n) is 4.11. The van der Waals surface area contributed by atoms with Crippen molar-refractivity contribution in [3.63, 3.8) is 0 Å². The minimum absolute atomic E-state index is 0.223. The summed E-state index contributed by atoms with van der Waals surface area (Å²) in [7, 11) is 0. The maximum absolute atomic E-state index is 10.9. The van der Waals surface area contributed by atoms with Crippen LogP contribution in [-0.4, -0.2) is 29.1 Å². The van der Waals surface area contributed by atoms with Crippen LogP contribution in [0.15, 0.2) is 18.2 Å². The fourth-order valence-electron chi connectivity index (χ4n) is 2.58. The SMILES string of the molecule is Cc1cccc(C)c1CN1CC(C(C)C(=O)O)C1. The molecular weight excluding hydrogens is 226 g/mol. The van der Waals surface area contributed by atoms with Gasteiger partial charge in [-0.2, -0.15) is 0 Å². The number of carbonyl (C=O) groups is 1. The monoisotopic (exact) mass is 247 g/mol. The molecule has 1 atom stereocenters. The molecule has 1 fully saturated rings. The van der Waals surface area contributed by atoms with Crippen molar-refractivity contribution in [3.05, 3.63) is 34.9 Å². The predicted molar refractivity (Wildman–Crippen MR) is 71.5 cm³/mol. The normalized spacial score (nSPS) is 18.4. The van der Waals surface area contributed by atoms with Crippen molar-refractivity contribution in [3.8, 4) is 0 Å². The molecule has 2 rings (SSSR count). The number of aliphatic carboxylic acids is 1. The number of hydrogen-bond donors (Lipinski definition) is 1. The van der Waals surface area contributed by atoms with E-state index in [1.54, 1.807) is 0 Å². The smallest absolute Gasteiger partial charge is 0.306 e. The second-order valence-electron chi connectivity index (χ2n) is 5.45. The topological polar surface area (TPSA) is 40.5 Å². The van der Waals surface area contributed by atoms with E-state index in [9.17, 15) is 4.79 Å². The molecule has 0 aliphatic carbocycles. The van der Waals surface area contributed by atoms with E-state index < -0.39 is 5.97 Å². The Morgan fingerprint density at radius 3 is 2.44 bits per heavy atom. The molecule has 0 bridgehead atoms. The van der Waals surface area contributed by atoms with Gasteiger partial charge in [-0.1, -0.05) is 25.1 Å². The molecule has 1 aromatic rings. The largest absolute Gasteiger partial charge is 0.481 e. The molecule has 1 aromatic carbocycles. The maximum Gasteiger partial charge on any atom is 0.306 e. The van der Waals surface area contributed by atoms with Gasteiger partial charge in [0.25, 0.3) is 0 Å². The lowest BCUT2D eigenvalue weighted by Gasteiger charge is -2.41. The molecule has 1 aliphatic heterocycles. The zero-order chi connectivity index (χ0) is 13.3. The number of aryl methyl sites for hydroxylation is 2. The summed E-state index contributed by atoms with van der Waals surface area (Å²) >= 11 is 0. The Bertz CT molecular complexity index is 430. The minimum Gasteiger partial charge on any atom is -0.481 e. The number of benzene rings is 1. The number of likely N-dealkylation sites (tertiary alicyclic amines) is 1. The first-order valence-electron chi connectivity index (χ1n) is 6.49. The van der Waals surface area contributed by atoms with Gasteiger partial charge < -0.3 is 5.11 Å². The lowest BCUT2D eigenvalue weighted by molar-refractivity contribution is -0.145. The van der Waals surface area contributed by atoms with Crippen LogP contribution in [0.2, 0.25) is 0 Å². The Labute approximate surface area is 108 Å². The standard InChI is InChI=1S/C15H21NO2/c1-10-5-4-6-11(2)14(10)9-16-7-13(8-16)12(3)15(17)18/h4-6,12-13H,7-9H2,1-3H3,(H,17,18). The van der Waals surface area contributed by atoms with Crippen molar-refractivity contribution in [1.29, 1.82) is 0 Å². The van der Waals surface area contributed by atoms with Crippen LogP contribution in [0.5, 0.6) is 0 Å². The molecule has 1 heterocycles. The van der Waals surface area contributed by atoms with Gasteiger partial charge >= 0.3 is 5.97 Å². The molecule has 1 saturated heterocycles. The van der Waals surface area contributed by atoms with Crippen LogP contribution in [0, 0.1) is 25.7 Å². The first kappa shape index (κ1) is 13.1. The van der Waals surface area contributed by atoms with Crippen LogP contribution < -0.4 is 0 Å². The number of carboxylic acid groups (broad SMARTS) is 1. The highest BCUT2D eigenvalue weighted by molar-refractivity contribution is 5.70. The lowest BCUT2D eigenvalue weighted by Crippen LogP contribution is -2.50. The number of hydrogen-bond acceptors (Lipinski definition) is 2. The van der Waals surface area contributed by atoms with Gasteiger partial charge in [0.15, 0.2) is 0 Å². The molecule has 3 heteroatoms. The van der Waals surface area contributed by atoms with E-state index in [0.717, 1.165) is 19.6 Å². The Hall–Kier alpha value is -1.35. The Kier molecular flexibility index (Phi) is 3.71. The highest BCUT2D eigenvalue weighted by atomic mass is 16.4. The van der Waals surface area contributed by atoms with Gasteiger partial charge in [0.05, 0.1) is 5.92 Å². The molecule has 1 aliphatic rings. The van der Waals surface area contributed by atoms with Crippen molar-refractivity contribution in [2.75, 3.05) is 13.1 Å². The van der Waals surface area contributed by atoms with E-state index >= 15 is 0 Å². The van der Waals surface area contributed by atoms with Crippen LogP contribution in [0.1, 0.15) is 23.6 Å². The van der Waals surface area contributed by atoms with Gasteiger partial charge in [-0.25, -0.2) is 0 Å². The van der Waals surface area contributed by atoms with Gasteiger partial charge in [-0.15, -0.1) is 0 Å². The second-order valence-corrected chi connectivity index (χ2v) is 5.45. The Morgan fingerprint density at radius 1 is 1.39 bits per heavy atom. The molecule has 0 aromatic heterocycles. The van der Waals surface area contributed by atoms with Crippen LogP contribution in [0.4, 0.5) is 0 Å². The molecule has 0 radical (unpaired) electrons. The Morgan fingerprint density at radius 2 is 1.94 bits per heavy atom. The second kappa shape index (κ2) is 5.11. The van der Waals surface area contributed by atoms with Gasteiger partial charge in [0.2, 0.25) is 0 Å². The van der Waals surface area contributed by atoms with Gasteiger partial charge in [-0.05, 0) is 36.5 Å². The average molecular weight is 247 g/mol. The summed E-state index contributed by atoms with van der Waals surface area (Å²) in [5.41, 5.74) is 4.04. The first-order valence-corrected chi connectivity index (χ1v) is 6.49. The predicted octanol–water partition coefficient (Wildman–Crippen LogP) is 2.46. The summed E-state index contributed by atoms with van der Waals surface area (Å²) in [4.78, 5) is 13.2. The summed E-state index contributed by atoms with van der Waals surface area (Å²) in [5, 5.41) is 8.96. The molecule has 3 nitrogen and oxygen atoms in total. The fourth-order valence-corrected chi connectivity index (χ4v) is 2.58. The molecule has 1 N–H and O–H groups in total. The fraction of sp³-hybridized carbons (Fsp3) is 0.533. The van der Waals surface area contributed by atoms with Crippen LogP contribution in [0.25, 0.3) is 0 Å². The summed E-state index contributed by atoms with van der Waals surface area (Å²) < 4.78 is 0. The number of rotatable bonds is 4. The van der Waals surface area contributed by atoms with Crippen LogP contribution in [0.3, 0.4) is 0 Å². The minimum atomic E-state index is -0.674. The van der Waals surface area contributed by atoms with Crippen molar-refractivity contribution in [1.82, 2.24) is 4.90 Å². The van der Waals surface area contributed by atoms with E-state index in [2.05, 4.69) is 36.9 Å². The van der Waals surface area contributed by atoms with E-state index in [0.29, 0.717) is 5.92 Å². The van der Waals surface area contributed by atoms with Crippen LogP contribution in [-0.2, 0) is 11.3 Å². The van der Waals surface area contributed by atoms with Crippen molar-refractivity contribution in [2.24, 2.45) is 11.8 Å². The van der Waals surface area contributed by atoms with E-state index in [-0.39, 0.29) is 5.92 Å². The summed E-state index contributed by atoms with van der Waals surface area (Å²) in [6.45, 7) is 8.84. The van der Waals surface area contributed by atoms with Gasteiger partial charge in [0.1, 0.15) is 0 Å². The Balaban J connectivity index is 1.93. The number of nitrogens with zero attached hydrogens (tertiary/aromatic N) is 1. The summed E-state index contributed by atoms with van der Waals surface area (Å²) in [6.07, 6.45) is 0. The highest BCUT2D eigenvalue weighted by Crippen LogP contribution is 2.27. The third-order valence-corrected chi connectivity index (χ3v) is 4.11. The number of carboxylic acids is 1. The summed E-state index contributed by atoms with van der Waals surface area (Å²) in [5.74, 6) is -0.585. The van der Waals surface area contributed by atoms with E-state index in [1.165, 1.54) is 16.7 Å². The molecule has 98 valence electrons. The van der Waals surface area contributed by atoms with E-state index in [4.69, 9.17) is 5.11 Å². The average Bonchev–Trinajstić information content (AvgIpc) is 2.25. The third kappa shape index (κ3) is 2.56. The maximum atomic E-state index is 10.9. The van der Waals surface area contributed by atoms with Crippen LogP contribution >= 0.6 is 0 Å². The molecule has 0 amide bonds. The zero-order valence-electron chi connectivity index (χ0n) is 11.3. The van der Waals surface area contributed by atoms with E-state index in [1.807, 2.05) is 6.92 Å². The van der Waals surface area contributed by atoms with Crippen molar-refractivity contribution >= 4 is 5.97 Å². The van der Waals surface area contributed by atoms with Crippen molar-refractivity contribution < 1.29 is 9.90 Å².